The number of aromatic nitrogens is 3. The first-order valence-electron chi connectivity index (χ1n) is 8.93. The van der Waals surface area contributed by atoms with Gasteiger partial charge in [-0.15, -0.1) is 0 Å². The van der Waals surface area contributed by atoms with Gasteiger partial charge in [0.05, 0.1) is 22.9 Å². The van der Waals surface area contributed by atoms with Crippen LogP contribution in [0.4, 0.5) is 10.2 Å². The summed E-state index contributed by atoms with van der Waals surface area (Å²) < 4.78 is 44.3. The zero-order valence-corrected chi connectivity index (χ0v) is 15.7. The molecule has 3 aromatic rings. The van der Waals surface area contributed by atoms with Gasteiger partial charge in [-0.1, -0.05) is 0 Å². The van der Waals surface area contributed by atoms with E-state index < -0.39 is 15.8 Å². The van der Waals surface area contributed by atoms with Crippen molar-refractivity contribution in [2.45, 2.75) is 42.7 Å². The van der Waals surface area contributed by atoms with Gasteiger partial charge in [0, 0.05) is 24.0 Å². The van der Waals surface area contributed by atoms with Gasteiger partial charge in [0.2, 0.25) is 10.0 Å². The Hall–Kier alpha value is -2.56. The van der Waals surface area contributed by atoms with E-state index in [0.29, 0.717) is 37.0 Å². The maximum atomic E-state index is 14.5. The lowest BCUT2D eigenvalue weighted by Crippen LogP contribution is -2.38. The van der Waals surface area contributed by atoms with E-state index in [1.807, 2.05) is 0 Å². The molecular formula is C18H20FN5O3S. The third-order valence-corrected chi connectivity index (χ3v) is 6.52. The Morgan fingerprint density at radius 3 is 2.71 bits per heavy atom. The van der Waals surface area contributed by atoms with Gasteiger partial charge in [-0.25, -0.2) is 27.5 Å². The Kier molecular flexibility index (Phi) is 4.77. The van der Waals surface area contributed by atoms with E-state index in [1.165, 1.54) is 24.5 Å². The average Bonchev–Trinajstić information content (AvgIpc) is 3.09. The van der Waals surface area contributed by atoms with Crippen LogP contribution in [0.1, 0.15) is 25.7 Å². The molecule has 0 bridgehead atoms. The van der Waals surface area contributed by atoms with Gasteiger partial charge in [-0.2, -0.15) is 0 Å². The maximum absolute atomic E-state index is 14.5. The molecular weight excluding hydrogens is 385 g/mol. The van der Waals surface area contributed by atoms with Gasteiger partial charge in [0.1, 0.15) is 5.82 Å². The zero-order chi connectivity index (χ0) is 19.9. The molecule has 4 N–H and O–H groups in total. The highest BCUT2D eigenvalue weighted by Gasteiger charge is 2.26. The van der Waals surface area contributed by atoms with E-state index in [1.54, 1.807) is 10.6 Å². The number of nitrogens with zero attached hydrogens (tertiary/aromatic N) is 3. The summed E-state index contributed by atoms with van der Waals surface area (Å²) in [5.74, 6) is -0.379. The van der Waals surface area contributed by atoms with Crippen LogP contribution in [0.15, 0.2) is 41.7 Å². The molecule has 4 rings (SSSR count). The summed E-state index contributed by atoms with van der Waals surface area (Å²) in [4.78, 5) is 8.05. The lowest BCUT2D eigenvalue weighted by Gasteiger charge is -2.26. The van der Waals surface area contributed by atoms with Crippen LogP contribution in [0.2, 0.25) is 0 Å². The maximum Gasteiger partial charge on any atom is 0.240 e. The molecule has 148 valence electrons. The second kappa shape index (κ2) is 7.12. The molecule has 1 aromatic carbocycles. The van der Waals surface area contributed by atoms with Crippen LogP contribution in [-0.4, -0.2) is 40.0 Å². The molecule has 2 aromatic heterocycles. The standard InChI is InChI=1S/C18H20FN5O3S/c19-15-6-5-13(28(26,27)23-11-1-3-12(25)4-2-11)9-14(15)16-10-22-18-17(20)21-7-8-24(16)18/h5-12,23,25H,1-4H2,(H2,20,21). The van der Waals surface area contributed by atoms with Crippen molar-refractivity contribution in [2.75, 3.05) is 5.73 Å². The number of rotatable bonds is 4. The summed E-state index contributed by atoms with van der Waals surface area (Å²) in [7, 11) is -3.83. The van der Waals surface area contributed by atoms with E-state index in [2.05, 4.69) is 14.7 Å². The van der Waals surface area contributed by atoms with Crippen molar-refractivity contribution in [1.82, 2.24) is 19.1 Å². The van der Waals surface area contributed by atoms with Crippen LogP contribution in [0, 0.1) is 5.82 Å². The second-order valence-corrected chi connectivity index (χ2v) is 8.63. The Bertz CT molecular complexity index is 1120. The number of benzene rings is 1. The molecule has 0 aliphatic heterocycles. The Balaban J connectivity index is 1.69. The Morgan fingerprint density at radius 2 is 1.96 bits per heavy atom. The van der Waals surface area contributed by atoms with Crippen molar-refractivity contribution >= 4 is 21.5 Å². The van der Waals surface area contributed by atoms with Crippen molar-refractivity contribution in [3.63, 3.8) is 0 Å². The summed E-state index contributed by atoms with van der Waals surface area (Å²) in [5, 5.41) is 9.58. The van der Waals surface area contributed by atoms with Gasteiger partial charge < -0.3 is 10.8 Å². The monoisotopic (exact) mass is 405 g/mol. The molecule has 10 heteroatoms. The van der Waals surface area contributed by atoms with Gasteiger partial charge in [0.15, 0.2) is 11.5 Å². The van der Waals surface area contributed by atoms with Gasteiger partial charge in [0.25, 0.3) is 0 Å². The number of hydrogen-bond acceptors (Lipinski definition) is 6. The highest BCUT2D eigenvalue weighted by atomic mass is 32.2. The van der Waals surface area contributed by atoms with E-state index in [4.69, 9.17) is 5.73 Å². The first-order valence-corrected chi connectivity index (χ1v) is 10.4. The Labute approximate surface area is 161 Å². The van der Waals surface area contributed by atoms with Gasteiger partial charge in [-0.05, 0) is 43.9 Å². The molecule has 28 heavy (non-hydrogen) atoms. The molecule has 0 atom stereocenters. The molecule has 0 radical (unpaired) electrons. The summed E-state index contributed by atoms with van der Waals surface area (Å²) in [5.41, 5.74) is 6.62. The first kappa shape index (κ1) is 18.8. The number of aliphatic hydroxyl groups is 1. The van der Waals surface area contributed by atoms with E-state index >= 15 is 0 Å². The Morgan fingerprint density at radius 1 is 1.21 bits per heavy atom. The summed E-state index contributed by atoms with van der Waals surface area (Å²) >= 11 is 0. The van der Waals surface area contributed by atoms with E-state index in [9.17, 15) is 17.9 Å². The highest BCUT2D eigenvalue weighted by molar-refractivity contribution is 7.89. The molecule has 8 nitrogen and oxygen atoms in total. The summed E-state index contributed by atoms with van der Waals surface area (Å²) in [6.07, 6.45) is 6.33. The molecule has 1 aliphatic carbocycles. The topological polar surface area (TPSA) is 123 Å². The van der Waals surface area contributed by atoms with Crippen LogP contribution < -0.4 is 10.5 Å². The SMILES string of the molecule is Nc1nccn2c(-c3cc(S(=O)(=O)NC4CCC(O)CC4)ccc3F)cnc12. The van der Waals surface area contributed by atoms with Crippen LogP contribution in [-0.2, 0) is 10.0 Å². The number of nitrogens with one attached hydrogen (secondary N) is 1. The molecule has 1 aliphatic rings. The van der Waals surface area contributed by atoms with Crippen LogP contribution in [0.25, 0.3) is 16.9 Å². The lowest BCUT2D eigenvalue weighted by molar-refractivity contribution is 0.120. The minimum atomic E-state index is -3.83. The lowest BCUT2D eigenvalue weighted by atomic mass is 9.94. The normalized spacial score (nSPS) is 20.5. The third kappa shape index (κ3) is 3.46. The molecule has 2 heterocycles. The third-order valence-electron chi connectivity index (χ3n) is 5.00. The number of anilines is 1. The van der Waals surface area contributed by atoms with Crippen LogP contribution in [0.5, 0.6) is 0 Å². The van der Waals surface area contributed by atoms with E-state index in [0.717, 1.165) is 6.07 Å². The quantitative estimate of drug-likeness (QED) is 0.607. The number of hydrogen-bond donors (Lipinski definition) is 3. The minimum absolute atomic E-state index is 0.0352. The fraction of sp³-hybridized carbons (Fsp3) is 0.333. The first-order chi connectivity index (χ1) is 13.3. The highest BCUT2D eigenvalue weighted by Crippen LogP contribution is 2.28. The number of nitrogens with two attached hydrogens (primary N) is 1. The number of fused-ring (bicyclic) bond motifs is 1. The number of aliphatic hydroxyl groups excluding tert-OH is 1. The van der Waals surface area contributed by atoms with Crippen molar-refractivity contribution in [1.29, 1.82) is 0 Å². The van der Waals surface area contributed by atoms with Gasteiger partial charge in [-0.3, -0.25) is 4.40 Å². The summed E-state index contributed by atoms with van der Waals surface area (Å²) in [6.45, 7) is 0. The molecule has 0 saturated heterocycles. The van der Waals surface area contributed by atoms with Crippen LogP contribution >= 0.6 is 0 Å². The zero-order valence-electron chi connectivity index (χ0n) is 14.9. The fourth-order valence-corrected chi connectivity index (χ4v) is 4.82. The molecule has 0 spiro atoms. The van der Waals surface area contributed by atoms with Crippen molar-refractivity contribution in [3.05, 3.63) is 42.6 Å². The molecule has 0 unspecified atom stereocenters. The van der Waals surface area contributed by atoms with Crippen molar-refractivity contribution < 1.29 is 17.9 Å². The number of nitrogen functional groups attached to an aromatic ring is 1. The number of sulfonamides is 1. The molecule has 1 saturated carbocycles. The largest absolute Gasteiger partial charge is 0.393 e. The summed E-state index contributed by atoms with van der Waals surface area (Å²) in [6, 6.07) is 3.40. The van der Waals surface area contributed by atoms with Gasteiger partial charge >= 0.3 is 0 Å². The fourth-order valence-electron chi connectivity index (χ4n) is 3.49. The predicted molar refractivity (Wildman–Crippen MR) is 101 cm³/mol. The number of halogens is 1. The number of imidazole rings is 1. The molecule has 1 fully saturated rings. The predicted octanol–water partition coefficient (Wildman–Crippen LogP) is 1.70. The smallest absolute Gasteiger partial charge is 0.240 e. The minimum Gasteiger partial charge on any atom is -0.393 e. The second-order valence-electron chi connectivity index (χ2n) is 6.92. The molecule has 0 amide bonds. The van der Waals surface area contributed by atoms with Crippen LogP contribution in [0.3, 0.4) is 0 Å². The average molecular weight is 405 g/mol. The van der Waals surface area contributed by atoms with Crippen molar-refractivity contribution in [2.24, 2.45) is 0 Å². The van der Waals surface area contributed by atoms with E-state index in [-0.39, 0.29) is 28.4 Å². The van der Waals surface area contributed by atoms with Crippen molar-refractivity contribution in [3.8, 4) is 11.3 Å².